The van der Waals surface area contributed by atoms with Gasteiger partial charge in [0.1, 0.15) is 0 Å². The van der Waals surface area contributed by atoms with E-state index < -0.39 is 0 Å². The molecule has 0 fully saturated rings. The summed E-state index contributed by atoms with van der Waals surface area (Å²) in [6.45, 7) is 5.82. The van der Waals surface area contributed by atoms with E-state index in [4.69, 9.17) is 4.74 Å². The summed E-state index contributed by atoms with van der Waals surface area (Å²) in [4.78, 5) is 8.84. The van der Waals surface area contributed by atoms with Gasteiger partial charge in [-0.05, 0) is 37.5 Å². The average molecular weight is 340 g/mol. The van der Waals surface area contributed by atoms with Crippen LogP contribution < -0.4 is 10.6 Å². The maximum Gasteiger partial charge on any atom is 0.191 e. The molecule has 2 N–H and O–H groups in total. The van der Waals surface area contributed by atoms with Crippen molar-refractivity contribution in [3.05, 3.63) is 66.0 Å². The zero-order valence-electron chi connectivity index (χ0n) is 14.9. The van der Waals surface area contributed by atoms with Crippen molar-refractivity contribution < 1.29 is 4.74 Å². The van der Waals surface area contributed by atoms with Crippen LogP contribution >= 0.6 is 0 Å². The Labute approximate surface area is 150 Å². The van der Waals surface area contributed by atoms with Crippen molar-refractivity contribution >= 4 is 5.96 Å². The Morgan fingerprint density at radius 1 is 1.04 bits per heavy atom. The van der Waals surface area contributed by atoms with Crippen molar-refractivity contribution in [1.82, 2.24) is 15.6 Å². The van der Waals surface area contributed by atoms with Crippen LogP contribution in [0, 0.1) is 0 Å². The van der Waals surface area contributed by atoms with Crippen LogP contribution in [-0.2, 0) is 17.9 Å². The SMILES string of the molecule is CCNC(=NCc1ccccn1)NCCCCOCc1ccccc1. The molecule has 1 aromatic carbocycles. The van der Waals surface area contributed by atoms with Crippen molar-refractivity contribution in [2.75, 3.05) is 19.7 Å². The number of hydrogen-bond acceptors (Lipinski definition) is 3. The molecular formula is C20H28N4O. The molecule has 0 radical (unpaired) electrons. The number of aliphatic imine (C=N–C) groups is 1. The number of hydrogen-bond donors (Lipinski definition) is 2. The number of unbranched alkanes of at least 4 members (excludes halogenated alkanes) is 1. The summed E-state index contributed by atoms with van der Waals surface area (Å²) in [6, 6.07) is 16.1. The summed E-state index contributed by atoms with van der Waals surface area (Å²) in [6.07, 6.45) is 3.86. The van der Waals surface area contributed by atoms with Crippen molar-refractivity contribution in [3.63, 3.8) is 0 Å². The number of guanidine groups is 1. The van der Waals surface area contributed by atoms with Gasteiger partial charge < -0.3 is 15.4 Å². The van der Waals surface area contributed by atoms with Gasteiger partial charge in [0.15, 0.2) is 5.96 Å². The zero-order valence-corrected chi connectivity index (χ0v) is 14.9. The van der Waals surface area contributed by atoms with Gasteiger partial charge in [-0.1, -0.05) is 36.4 Å². The second kappa shape index (κ2) is 12.0. The topological polar surface area (TPSA) is 58.5 Å². The van der Waals surface area contributed by atoms with Crippen molar-refractivity contribution in [2.45, 2.75) is 32.9 Å². The Kier molecular flexibility index (Phi) is 9.11. The standard InChI is InChI=1S/C20H28N4O/c1-2-21-20(24-16-19-12-6-7-13-22-19)23-14-8-9-15-25-17-18-10-4-3-5-11-18/h3-7,10-13H,2,8-9,14-17H2,1H3,(H2,21,23,24). The maximum absolute atomic E-state index is 5.70. The van der Waals surface area contributed by atoms with E-state index in [1.807, 2.05) is 36.4 Å². The predicted molar refractivity (Wildman–Crippen MR) is 102 cm³/mol. The summed E-state index contributed by atoms with van der Waals surface area (Å²) in [5.74, 6) is 0.832. The van der Waals surface area contributed by atoms with Crippen LogP contribution in [0.15, 0.2) is 59.7 Å². The molecule has 134 valence electrons. The molecule has 2 rings (SSSR count). The molecule has 0 bridgehead atoms. The fraction of sp³-hybridized carbons (Fsp3) is 0.400. The molecule has 0 unspecified atom stereocenters. The fourth-order valence-corrected chi connectivity index (χ4v) is 2.29. The molecule has 5 nitrogen and oxygen atoms in total. The molecule has 1 heterocycles. The minimum absolute atomic E-state index is 0.580. The maximum atomic E-state index is 5.70. The fourth-order valence-electron chi connectivity index (χ4n) is 2.29. The van der Waals surface area contributed by atoms with Gasteiger partial charge in [0, 0.05) is 25.9 Å². The number of aromatic nitrogens is 1. The second-order valence-corrected chi connectivity index (χ2v) is 5.69. The highest BCUT2D eigenvalue weighted by Gasteiger charge is 1.98. The lowest BCUT2D eigenvalue weighted by molar-refractivity contribution is 0.117. The van der Waals surface area contributed by atoms with E-state index in [1.54, 1.807) is 6.20 Å². The molecule has 25 heavy (non-hydrogen) atoms. The first-order valence-electron chi connectivity index (χ1n) is 8.92. The van der Waals surface area contributed by atoms with Gasteiger partial charge in [-0.25, -0.2) is 4.99 Å². The molecule has 2 aromatic rings. The third-order valence-corrected chi connectivity index (χ3v) is 3.59. The second-order valence-electron chi connectivity index (χ2n) is 5.69. The van der Waals surface area contributed by atoms with Crippen LogP contribution in [0.4, 0.5) is 0 Å². The van der Waals surface area contributed by atoms with E-state index in [2.05, 4.69) is 39.7 Å². The van der Waals surface area contributed by atoms with E-state index >= 15 is 0 Å². The van der Waals surface area contributed by atoms with Gasteiger partial charge in [-0.15, -0.1) is 0 Å². The molecule has 0 spiro atoms. The highest BCUT2D eigenvalue weighted by atomic mass is 16.5. The van der Waals surface area contributed by atoms with Gasteiger partial charge >= 0.3 is 0 Å². The van der Waals surface area contributed by atoms with Crippen LogP contribution in [0.1, 0.15) is 31.0 Å². The Hall–Kier alpha value is -2.40. The summed E-state index contributed by atoms with van der Waals surface area (Å²) >= 11 is 0. The molecule has 1 aromatic heterocycles. The van der Waals surface area contributed by atoms with Crippen LogP contribution in [-0.4, -0.2) is 30.6 Å². The number of nitrogens with zero attached hydrogens (tertiary/aromatic N) is 2. The predicted octanol–water partition coefficient (Wildman–Crippen LogP) is 3.13. The Morgan fingerprint density at radius 2 is 1.88 bits per heavy atom. The number of benzene rings is 1. The lowest BCUT2D eigenvalue weighted by atomic mass is 10.2. The molecular weight excluding hydrogens is 312 g/mol. The molecule has 0 saturated carbocycles. The summed E-state index contributed by atoms with van der Waals surface area (Å²) < 4.78 is 5.70. The van der Waals surface area contributed by atoms with Gasteiger partial charge in [0.05, 0.1) is 18.8 Å². The van der Waals surface area contributed by atoms with Crippen molar-refractivity contribution in [1.29, 1.82) is 0 Å². The van der Waals surface area contributed by atoms with E-state index in [9.17, 15) is 0 Å². The third kappa shape index (κ3) is 8.31. The molecule has 0 aliphatic heterocycles. The monoisotopic (exact) mass is 340 g/mol. The molecule has 0 aliphatic rings. The van der Waals surface area contributed by atoms with Gasteiger partial charge in [-0.2, -0.15) is 0 Å². The number of rotatable bonds is 10. The molecule has 0 atom stereocenters. The van der Waals surface area contributed by atoms with E-state index in [0.717, 1.165) is 44.2 Å². The first-order valence-corrected chi connectivity index (χ1v) is 8.92. The van der Waals surface area contributed by atoms with E-state index in [-0.39, 0.29) is 0 Å². The Bertz CT molecular complexity index is 602. The highest BCUT2D eigenvalue weighted by molar-refractivity contribution is 5.79. The first kappa shape index (κ1) is 18.9. The Morgan fingerprint density at radius 3 is 2.64 bits per heavy atom. The molecule has 5 heteroatoms. The Balaban J connectivity index is 1.59. The minimum atomic E-state index is 0.580. The average Bonchev–Trinajstić information content (AvgIpc) is 2.67. The van der Waals surface area contributed by atoms with Crippen molar-refractivity contribution in [3.8, 4) is 0 Å². The lowest BCUT2D eigenvalue weighted by Crippen LogP contribution is -2.37. The van der Waals surface area contributed by atoms with Crippen LogP contribution in [0.3, 0.4) is 0 Å². The highest BCUT2D eigenvalue weighted by Crippen LogP contribution is 2.01. The van der Waals surface area contributed by atoms with Crippen molar-refractivity contribution in [2.24, 2.45) is 4.99 Å². The van der Waals surface area contributed by atoms with Gasteiger partial charge in [0.25, 0.3) is 0 Å². The summed E-state index contributed by atoms with van der Waals surface area (Å²) in [5.41, 5.74) is 2.19. The number of ether oxygens (including phenoxy) is 1. The number of pyridine rings is 1. The largest absolute Gasteiger partial charge is 0.377 e. The zero-order chi connectivity index (χ0) is 17.6. The lowest BCUT2D eigenvalue weighted by Gasteiger charge is -2.11. The van der Waals surface area contributed by atoms with Crippen LogP contribution in [0.25, 0.3) is 0 Å². The number of nitrogens with one attached hydrogen (secondary N) is 2. The third-order valence-electron chi connectivity index (χ3n) is 3.59. The van der Waals surface area contributed by atoms with Gasteiger partial charge in [0.2, 0.25) is 0 Å². The quantitative estimate of drug-likeness (QED) is 0.396. The first-order chi connectivity index (χ1) is 12.4. The van der Waals surface area contributed by atoms with E-state index in [0.29, 0.717) is 13.2 Å². The molecule has 0 aliphatic carbocycles. The van der Waals surface area contributed by atoms with Gasteiger partial charge in [-0.3, -0.25) is 4.98 Å². The molecule has 0 saturated heterocycles. The van der Waals surface area contributed by atoms with Crippen LogP contribution in [0.5, 0.6) is 0 Å². The summed E-state index contributed by atoms with van der Waals surface area (Å²) in [5, 5.41) is 6.61. The summed E-state index contributed by atoms with van der Waals surface area (Å²) in [7, 11) is 0. The minimum Gasteiger partial charge on any atom is -0.377 e. The van der Waals surface area contributed by atoms with Crippen LogP contribution in [0.2, 0.25) is 0 Å². The van der Waals surface area contributed by atoms with E-state index in [1.165, 1.54) is 5.56 Å². The molecule has 0 amide bonds. The normalized spacial score (nSPS) is 11.3. The smallest absolute Gasteiger partial charge is 0.191 e.